The number of rotatable bonds is 14. The topological polar surface area (TPSA) is 212 Å². The summed E-state index contributed by atoms with van der Waals surface area (Å²) >= 11 is 0. The van der Waals surface area contributed by atoms with E-state index >= 15 is 0 Å². The first-order valence-corrected chi connectivity index (χ1v) is 22.5. The number of hydrogen-bond donors (Lipinski definition) is 2. The molecule has 2 amide bonds. The van der Waals surface area contributed by atoms with E-state index in [0.29, 0.717) is 23.0 Å². The van der Waals surface area contributed by atoms with E-state index in [1.807, 2.05) is 100 Å². The minimum Gasteiger partial charge on any atom is -0.416 e. The Hall–Kier alpha value is -6.62. The van der Waals surface area contributed by atoms with Gasteiger partial charge in [0.2, 0.25) is 12.6 Å². The lowest BCUT2D eigenvalue weighted by Crippen LogP contribution is -2.59. The molecule has 0 aliphatic carbocycles. The number of carbonyl (C=O) groups is 2. The zero-order valence-corrected chi connectivity index (χ0v) is 40.7. The number of carbonyl (C=O) groups excluding carboxylic acids is 2. The Balaban J connectivity index is 0.000000206. The van der Waals surface area contributed by atoms with Crippen LogP contribution in [0.15, 0.2) is 110 Å². The molecule has 372 valence electrons. The number of ether oxygens (including phenoxy) is 10. The van der Waals surface area contributed by atoms with Crippen molar-refractivity contribution in [2.24, 2.45) is 0 Å². The van der Waals surface area contributed by atoms with Crippen LogP contribution in [-0.2, 0) is 47.4 Å². The lowest BCUT2D eigenvalue weighted by Gasteiger charge is -2.43. The monoisotopic (exact) mass is 964 g/mol. The Bertz CT molecular complexity index is 2410. The highest BCUT2D eigenvalue weighted by Gasteiger charge is 2.48. The van der Waals surface area contributed by atoms with Gasteiger partial charge in [-0.3, -0.25) is 10.6 Å². The van der Waals surface area contributed by atoms with Gasteiger partial charge in [-0.1, -0.05) is 35.4 Å². The summed E-state index contributed by atoms with van der Waals surface area (Å²) in [6, 6.07) is 30.3. The minimum atomic E-state index is -0.958. The average Bonchev–Trinajstić information content (AvgIpc) is 4.07. The van der Waals surface area contributed by atoms with Gasteiger partial charge in [-0.25, -0.2) is 28.9 Å². The molecule has 0 saturated carbocycles. The Labute approximate surface area is 406 Å². The summed E-state index contributed by atoms with van der Waals surface area (Å²) < 4.78 is 59.1. The molecule has 2 aliphatic heterocycles. The van der Waals surface area contributed by atoms with E-state index < -0.39 is 49.2 Å². The van der Waals surface area contributed by atoms with Crippen LogP contribution in [0.4, 0.5) is 21.0 Å². The third kappa shape index (κ3) is 12.2. The number of anilines is 2. The number of methoxy groups -OCH3 is 6. The second kappa shape index (κ2) is 23.8. The number of amides is 2. The molecule has 6 aromatic rings. The summed E-state index contributed by atoms with van der Waals surface area (Å²) in [4.78, 5) is 33.9. The zero-order valence-electron chi connectivity index (χ0n) is 40.7. The molecule has 2 aromatic heterocycles. The molecule has 0 bridgehead atoms. The maximum atomic E-state index is 12.6. The van der Waals surface area contributed by atoms with Crippen LogP contribution in [0.1, 0.15) is 25.0 Å². The largest absolute Gasteiger partial charge is 0.416 e. The van der Waals surface area contributed by atoms with Crippen molar-refractivity contribution in [3.8, 4) is 34.2 Å². The van der Waals surface area contributed by atoms with Gasteiger partial charge in [0.25, 0.3) is 0 Å². The quantitative estimate of drug-likeness (QED) is 0.111. The first-order chi connectivity index (χ1) is 33.9. The van der Waals surface area contributed by atoms with Gasteiger partial charge in [-0.05, 0) is 100 Å². The third-order valence-corrected chi connectivity index (χ3v) is 11.9. The fourth-order valence-electron chi connectivity index (χ4n) is 8.16. The highest BCUT2D eigenvalue weighted by Crippen LogP contribution is 2.30. The molecule has 10 atom stereocenters. The SMILES string of the molecule is CO[C@@H]1[C@@H](OC)[C@H](C)O[C@@H](OC(=O)Nc2ccc(-c3ncn(-c4ccc(C)cc4)n3)cc2)[C@@H]1OC.CO[C@@H]1[C@@H](OC)[C@H](C)O[C@H](OC(=O)Nc2ccc(-c3ncn(-c4ccc(C)cc4)n3)cc2)[C@@H]1OC. The van der Waals surface area contributed by atoms with Crippen LogP contribution in [0.25, 0.3) is 34.2 Å². The van der Waals surface area contributed by atoms with Crippen molar-refractivity contribution in [3.05, 3.63) is 121 Å². The molecule has 2 fully saturated rings. The van der Waals surface area contributed by atoms with Gasteiger partial charge in [0.05, 0.1) is 23.6 Å². The minimum absolute atomic E-state index is 0.358. The number of aryl methyl sites for hydroxylation is 2. The smallest absolute Gasteiger partial charge is 0.414 e. The standard InChI is InChI=1S/2C25H30N4O6/c2*1-15-6-12-19(13-7-15)29-14-26-23(28-29)17-8-10-18(11-9-17)27-25(30)35-24-22(33-5)21(32-4)20(31-3)16(2)34-24/h2*6-14,16,20-22,24H,1-5H3,(H,27,30)/t16-,20-,21+,22+,24+;16-,20-,21+,22+,24-/m00/s1. The summed E-state index contributed by atoms with van der Waals surface area (Å²) in [6.07, 6.45) is -3.59. The van der Waals surface area contributed by atoms with Crippen LogP contribution < -0.4 is 10.6 Å². The second-order valence-corrected chi connectivity index (χ2v) is 16.5. The number of nitrogens with one attached hydrogen (secondary N) is 2. The molecule has 8 rings (SSSR count). The summed E-state index contributed by atoms with van der Waals surface area (Å²) in [7, 11) is 9.26. The average molecular weight is 965 g/mol. The van der Waals surface area contributed by atoms with E-state index in [1.54, 1.807) is 74.7 Å². The lowest BCUT2D eigenvalue weighted by molar-refractivity contribution is -0.289. The molecule has 20 heteroatoms. The zero-order chi connectivity index (χ0) is 49.9. The molecule has 20 nitrogen and oxygen atoms in total. The van der Waals surface area contributed by atoms with Crippen LogP contribution in [0.2, 0.25) is 0 Å². The van der Waals surface area contributed by atoms with Crippen molar-refractivity contribution in [2.75, 3.05) is 53.3 Å². The van der Waals surface area contributed by atoms with E-state index in [2.05, 4.69) is 30.8 Å². The normalized spacial score (nSPS) is 24.2. The van der Waals surface area contributed by atoms with Crippen molar-refractivity contribution in [3.63, 3.8) is 0 Å². The molecular weight excluding hydrogens is 905 g/mol. The fourth-order valence-corrected chi connectivity index (χ4v) is 8.16. The predicted octanol–water partition coefficient (Wildman–Crippen LogP) is 7.16. The van der Waals surface area contributed by atoms with Gasteiger partial charge in [0.1, 0.15) is 49.3 Å². The summed E-state index contributed by atoms with van der Waals surface area (Å²) in [5.74, 6) is 1.15. The Morgan fingerprint density at radius 3 is 1.11 bits per heavy atom. The van der Waals surface area contributed by atoms with Crippen LogP contribution in [-0.4, -0.2) is 146 Å². The molecular formula is C50H60N8O12. The fraction of sp³-hybridized carbons (Fsp3) is 0.400. The van der Waals surface area contributed by atoms with Crippen molar-refractivity contribution in [1.29, 1.82) is 0 Å². The van der Waals surface area contributed by atoms with Gasteiger partial charge >= 0.3 is 12.2 Å². The number of aromatic nitrogens is 6. The van der Waals surface area contributed by atoms with Crippen LogP contribution in [0.5, 0.6) is 0 Å². The van der Waals surface area contributed by atoms with Crippen molar-refractivity contribution < 1.29 is 57.0 Å². The van der Waals surface area contributed by atoms with E-state index in [0.717, 1.165) is 22.5 Å². The molecule has 0 spiro atoms. The highest BCUT2D eigenvalue weighted by atomic mass is 16.7. The second-order valence-electron chi connectivity index (χ2n) is 16.5. The van der Waals surface area contributed by atoms with E-state index in [9.17, 15) is 9.59 Å². The summed E-state index contributed by atoms with van der Waals surface area (Å²) in [6.45, 7) is 7.72. The van der Waals surface area contributed by atoms with Gasteiger partial charge in [0.15, 0.2) is 11.6 Å². The summed E-state index contributed by atoms with van der Waals surface area (Å²) in [5, 5.41) is 14.5. The Kier molecular flexibility index (Phi) is 17.4. The first kappa shape index (κ1) is 51.2. The predicted molar refractivity (Wildman–Crippen MR) is 257 cm³/mol. The van der Waals surface area contributed by atoms with E-state index in [1.165, 1.54) is 25.3 Å². The highest BCUT2D eigenvalue weighted by molar-refractivity contribution is 5.85. The Morgan fingerprint density at radius 2 is 0.800 bits per heavy atom. The van der Waals surface area contributed by atoms with Crippen molar-refractivity contribution >= 4 is 23.6 Å². The van der Waals surface area contributed by atoms with Crippen molar-refractivity contribution in [1.82, 2.24) is 29.5 Å². The molecule has 2 aliphatic rings. The van der Waals surface area contributed by atoms with E-state index in [4.69, 9.17) is 47.4 Å². The van der Waals surface area contributed by atoms with Crippen LogP contribution in [0, 0.1) is 13.8 Å². The Morgan fingerprint density at radius 1 is 0.471 bits per heavy atom. The molecule has 2 saturated heterocycles. The molecule has 0 unspecified atom stereocenters. The first-order valence-electron chi connectivity index (χ1n) is 22.5. The number of benzene rings is 4. The number of hydrogen-bond acceptors (Lipinski definition) is 16. The molecule has 70 heavy (non-hydrogen) atoms. The maximum absolute atomic E-state index is 12.6. The molecule has 4 aromatic carbocycles. The van der Waals surface area contributed by atoms with Crippen molar-refractivity contribution in [2.45, 2.75) is 89.1 Å². The molecule has 4 heterocycles. The molecule has 2 N–H and O–H groups in total. The number of nitrogens with zero attached hydrogens (tertiary/aromatic N) is 6. The lowest BCUT2D eigenvalue weighted by atomic mass is 9.99. The van der Waals surface area contributed by atoms with Gasteiger partial charge < -0.3 is 47.4 Å². The van der Waals surface area contributed by atoms with Gasteiger partial charge in [-0.15, -0.1) is 10.2 Å². The van der Waals surface area contributed by atoms with Gasteiger partial charge in [-0.2, -0.15) is 0 Å². The van der Waals surface area contributed by atoms with Gasteiger partial charge in [0, 0.05) is 65.2 Å². The van der Waals surface area contributed by atoms with E-state index in [-0.39, 0.29) is 24.4 Å². The van der Waals surface area contributed by atoms with Crippen LogP contribution >= 0.6 is 0 Å². The third-order valence-electron chi connectivity index (χ3n) is 11.9. The maximum Gasteiger partial charge on any atom is 0.414 e. The summed E-state index contributed by atoms with van der Waals surface area (Å²) in [5.41, 5.74) is 6.93. The molecule has 0 radical (unpaired) electrons. The van der Waals surface area contributed by atoms with Crippen LogP contribution in [0.3, 0.4) is 0 Å².